The fraction of sp³-hybridized carbons (Fsp3) is 0.273. The summed E-state index contributed by atoms with van der Waals surface area (Å²) >= 11 is 6.64. The number of hydrogen-bond acceptors (Lipinski definition) is 3. The number of carbonyl (C=O) groups excluding carboxylic acids is 1. The van der Waals surface area contributed by atoms with Crippen molar-refractivity contribution in [3.05, 3.63) is 32.7 Å². The Morgan fingerprint density at radius 3 is 2.50 bits per heavy atom. The zero-order valence-electron chi connectivity index (χ0n) is 9.49. The Hall–Kier alpha value is -1.08. The van der Waals surface area contributed by atoms with Crippen LogP contribution in [0, 0.1) is 0 Å². The second kappa shape index (κ2) is 7.38. The molecule has 7 heteroatoms. The summed E-state index contributed by atoms with van der Waals surface area (Å²) in [5.41, 5.74) is 5.89. The Kier molecular flexibility index (Phi) is 6.14. The SMILES string of the molecule is N/C(CCCNC(=O)c1cc(Br)cc(Br)c1)=N/O. The number of rotatable bonds is 5. The lowest BCUT2D eigenvalue weighted by atomic mass is 10.2. The van der Waals surface area contributed by atoms with Crippen molar-refractivity contribution in [1.82, 2.24) is 5.32 Å². The van der Waals surface area contributed by atoms with Crippen LogP contribution in [0.4, 0.5) is 0 Å². The molecule has 4 N–H and O–H groups in total. The van der Waals surface area contributed by atoms with Gasteiger partial charge >= 0.3 is 0 Å². The number of nitrogens with one attached hydrogen (secondary N) is 1. The van der Waals surface area contributed by atoms with Crippen LogP contribution < -0.4 is 11.1 Å². The van der Waals surface area contributed by atoms with Gasteiger partial charge in [0, 0.05) is 27.5 Å². The fourth-order valence-electron chi connectivity index (χ4n) is 1.31. The van der Waals surface area contributed by atoms with Crippen LogP contribution in [-0.4, -0.2) is 23.5 Å². The maximum Gasteiger partial charge on any atom is 0.251 e. The Morgan fingerprint density at radius 1 is 1.33 bits per heavy atom. The highest BCUT2D eigenvalue weighted by Gasteiger charge is 2.06. The number of nitrogens with two attached hydrogens (primary N) is 1. The molecule has 0 fully saturated rings. The Labute approximate surface area is 122 Å². The Bertz CT molecular complexity index is 443. The summed E-state index contributed by atoms with van der Waals surface area (Å²) in [6.45, 7) is 0.471. The quantitative estimate of drug-likeness (QED) is 0.242. The molecule has 1 aromatic carbocycles. The van der Waals surface area contributed by atoms with Crippen LogP contribution in [0.1, 0.15) is 23.2 Å². The van der Waals surface area contributed by atoms with E-state index in [9.17, 15) is 4.79 Å². The smallest absolute Gasteiger partial charge is 0.251 e. The molecular weight excluding hydrogens is 366 g/mol. The van der Waals surface area contributed by atoms with E-state index in [1.807, 2.05) is 6.07 Å². The van der Waals surface area contributed by atoms with Crippen molar-refractivity contribution in [3.8, 4) is 0 Å². The monoisotopic (exact) mass is 377 g/mol. The molecule has 0 aliphatic rings. The van der Waals surface area contributed by atoms with Crippen molar-refractivity contribution in [2.45, 2.75) is 12.8 Å². The van der Waals surface area contributed by atoms with E-state index < -0.39 is 0 Å². The molecule has 0 aliphatic carbocycles. The van der Waals surface area contributed by atoms with Crippen LogP contribution in [0.15, 0.2) is 32.3 Å². The Morgan fingerprint density at radius 2 is 1.94 bits per heavy atom. The number of halogens is 2. The van der Waals surface area contributed by atoms with Gasteiger partial charge < -0.3 is 16.3 Å². The largest absolute Gasteiger partial charge is 0.409 e. The first-order chi connectivity index (χ1) is 8.52. The van der Waals surface area contributed by atoms with E-state index in [0.29, 0.717) is 24.9 Å². The van der Waals surface area contributed by atoms with Crippen molar-refractivity contribution in [2.75, 3.05) is 6.54 Å². The zero-order valence-corrected chi connectivity index (χ0v) is 12.7. The van der Waals surface area contributed by atoms with Gasteiger partial charge in [0.25, 0.3) is 5.91 Å². The molecule has 18 heavy (non-hydrogen) atoms. The summed E-state index contributed by atoms with van der Waals surface area (Å²) in [5.74, 6) is 0.00552. The average Bonchev–Trinajstić information content (AvgIpc) is 2.32. The maximum absolute atomic E-state index is 11.8. The van der Waals surface area contributed by atoms with Crippen LogP contribution in [-0.2, 0) is 0 Å². The van der Waals surface area contributed by atoms with Gasteiger partial charge in [-0.3, -0.25) is 4.79 Å². The van der Waals surface area contributed by atoms with Crippen molar-refractivity contribution in [3.63, 3.8) is 0 Å². The van der Waals surface area contributed by atoms with Crippen LogP contribution in [0.3, 0.4) is 0 Å². The lowest BCUT2D eigenvalue weighted by Crippen LogP contribution is -2.25. The van der Waals surface area contributed by atoms with Gasteiger partial charge in [-0.05, 0) is 24.6 Å². The number of amides is 1. The lowest BCUT2D eigenvalue weighted by molar-refractivity contribution is 0.0953. The first-order valence-electron chi connectivity index (χ1n) is 5.23. The molecule has 0 saturated heterocycles. The summed E-state index contributed by atoms with van der Waals surface area (Å²) in [6, 6.07) is 5.34. The van der Waals surface area contributed by atoms with Crippen molar-refractivity contribution >= 4 is 43.6 Å². The predicted molar refractivity (Wildman–Crippen MR) is 76.8 cm³/mol. The number of benzene rings is 1. The van der Waals surface area contributed by atoms with Gasteiger partial charge in [-0.25, -0.2) is 0 Å². The minimum atomic E-state index is -0.156. The zero-order chi connectivity index (χ0) is 13.5. The third kappa shape index (κ3) is 5.05. The van der Waals surface area contributed by atoms with Crippen molar-refractivity contribution in [2.24, 2.45) is 10.9 Å². The number of oxime groups is 1. The van der Waals surface area contributed by atoms with E-state index in [2.05, 4.69) is 42.3 Å². The summed E-state index contributed by atoms with van der Waals surface area (Å²) in [4.78, 5) is 11.8. The van der Waals surface area contributed by atoms with Gasteiger partial charge in [0.05, 0.1) is 0 Å². The van der Waals surface area contributed by atoms with Gasteiger partial charge in [-0.1, -0.05) is 37.0 Å². The van der Waals surface area contributed by atoms with Crippen LogP contribution in [0.2, 0.25) is 0 Å². The normalized spacial score (nSPS) is 11.3. The van der Waals surface area contributed by atoms with Crippen LogP contribution in [0.25, 0.3) is 0 Å². The van der Waals surface area contributed by atoms with Gasteiger partial charge in [0.2, 0.25) is 0 Å². The maximum atomic E-state index is 11.8. The molecule has 0 bridgehead atoms. The second-order valence-corrected chi connectivity index (χ2v) is 5.44. The highest BCUT2D eigenvalue weighted by molar-refractivity contribution is 9.11. The molecule has 0 unspecified atom stereocenters. The molecule has 0 aliphatic heterocycles. The van der Waals surface area contributed by atoms with E-state index in [4.69, 9.17) is 10.9 Å². The van der Waals surface area contributed by atoms with E-state index in [1.54, 1.807) is 12.1 Å². The van der Waals surface area contributed by atoms with E-state index in [0.717, 1.165) is 8.95 Å². The third-order valence-corrected chi connectivity index (χ3v) is 3.06. The fourth-order valence-corrected chi connectivity index (χ4v) is 2.60. The topological polar surface area (TPSA) is 87.7 Å². The van der Waals surface area contributed by atoms with Gasteiger partial charge in [0.1, 0.15) is 5.84 Å². The standard InChI is InChI=1S/C11H13Br2N3O2/c12-8-4-7(5-9(13)6-8)11(17)15-3-1-2-10(14)16-18/h4-6,18H,1-3H2,(H2,14,16)(H,15,17). The highest BCUT2D eigenvalue weighted by Crippen LogP contribution is 2.19. The molecule has 0 saturated carbocycles. The minimum absolute atomic E-state index is 0.156. The first-order valence-corrected chi connectivity index (χ1v) is 6.82. The molecule has 0 radical (unpaired) electrons. The van der Waals surface area contributed by atoms with Crippen molar-refractivity contribution < 1.29 is 10.0 Å². The van der Waals surface area contributed by atoms with E-state index in [-0.39, 0.29) is 11.7 Å². The average molecular weight is 379 g/mol. The minimum Gasteiger partial charge on any atom is -0.409 e. The number of carbonyl (C=O) groups is 1. The predicted octanol–water partition coefficient (Wildman–Crippen LogP) is 2.47. The molecule has 98 valence electrons. The molecule has 5 nitrogen and oxygen atoms in total. The molecule has 1 aromatic rings. The van der Waals surface area contributed by atoms with E-state index in [1.165, 1.54) is 0 Å². The number of nitrogens with zero attached hydrogens (tertiary/aromatic N) is 1. The van der Waals surface area contributed by atoms with Crippen LogP contribution in [0.5, 0.6) is 0 Å². The molecule has 0 aromatic heterocycles. The lowest BCUT2D eigenvalue weighted by Gasteiger charge is -2.06. The summed E-state index contributed by atoms with van der Waals surface area (Å²) in [6.07, 6.45) is 1.07. The summed E-state index contributed by atoms with van der Waals surface area (Å²) < 4.78 is 1.66. The van der Waals surface area contributed by atoms with Gasteiger partial charge in [0.15, 0.2) is 0 Å². The van der Waals surface area contributed by atoms with Gasteiger partial charge in [-0.15, -0.1) is 0 Å². The van der Waals surface area contributed by atoms with Crippen molar-refractivity contribution in [1.29, 1.82) is 0 Å². The molecule has 0 atom stereocenters. The highest BCUT2D eigenvalue weighted by atomic mass is 79.9. The number of amidine groups is 1. The molecule has 0 heterocycles. The number of hydrogen-bond donors (Lipinski definition) is 3. The van der Waals surface area contributed by atoms with Crippen LogP contribution >= 0.6 is 31.9 Å². The summed E-state index contributed by atoms with van der Waals surface area (Å²) in [5, 5.41) is 14.0. The first kappa shape index (κ1) is 15.0. The molecule has 1 rings (SSSR count). The Balaban J connectivity index is 2.46. The molecule has 0 spiro atoms. The second-order valence-electron chi connectivity index (χ2n) is 3.61. The summed E-state index contributed by atoms with van der Waals surface area (Å²) in [7, 11) is 0. The molecule has 1 amide bonds. The molecular formula is C11H13Br2N3O2. The third-order valence-electron chi connectivity index (χ3n) is 2.15. The van der Waals surface area contributed by atoms with E-state index >= 15 is 0 Å². The van der Waals surface area contributed by atoms with Gasteiger partial charge in [-0.2, -0.15) is 0 Å².